The van der Waals surface area contributed by atoms with Crippen LogP contribution in [0.3, 0.4) is 0 Å². The molecule has 2 amide bonds. The van der Waals surface area contributed by atoms with Crippen LogP contribution in [-0.4, -0.2) is 18.9 Å². The topological polar surface area (TPSA) is 67.4 Å². The first-order valence-electron chi connectivity index (χ1n) is 10.5. The molecule has 0 aliphatic carbocycles. The van der Waals surface area contributed by atoms with E-state index in [-0.39, 0.29) is 23.6 Å². The number of thiophene rings is 1. The first-order valence-corrected chi connectivity index (χ1v) is 11.4. The first-order chi connectivity index (χ1) is 15.5. The molecule has 0 bridgehead atoms. The molecule has 0 aliphatic rings. The Labute approximate surface area is 193 Å². The molecular formula is C26H28N2O3S. The number of hydrogen-bond donors (Lipinski definition) is 2. The van der Waals surface area contributed by atoms with Crippen LogP contribution in [0.1, 0.15) is 47.1 Å². The van der Waals surface area contributed by atoms with Crippen molar-refractivity contribution in [3.05, 3.63) is 93.8 Å². The second kappa shape index (κ2) is 11.3. The summed E-state index contributed by atoms with van der Waals surface area (Å²) in [5.41, 5.74) is 1.68. The van der Waals surface area contributed by atoms with Gasteiger partial charge >= 0.3 is 0 Å². The van der Waals surface area contributed by atoms with E-state index in [4.69, 9.17) is 4.74 Å². The maximum absolute atomic E-state index is 13.3. The van der Waals surface area contributed by atoms with Crippen LogP contribution in [0.4, 0.5) is 0 Å². The average Bonchev–Trinajstić information content (AvgIpc) is 3.31. The zero-order chi connectivity index (χ0) is 22.9. The van der Waals surface area contributed by atoms with Crippen LogP contribution >= 0.6 is 11.3 Å². The Kier molecular flexibility index (Phi) is 8.22. The zero-order valence-electron chi connectivity index (χ0n) is 18.5. The van der Waals surface area contributed by atoms with Gasteiger partial charge in [0.25, 0.3) is 11.8 Å². The summed E-state index contributed by atoms with van der Waals surface area (Å²) in [6.45, 7) is 4.24. The van der Waals surface area contributed by atoms with Crippen molar-refractivity contribution in [2.75, 3.05) is 7.11 Å². The Morgan fingerprint density at radius 1 is 1.00 bits per heavy atom. The number of amides is 2. The molecule has 0 fully saturated rings. The highest BCUT2D eigenvalue weighted by molar-refractivity contribution is 7.10. The summed E-state index contributed by atoms with van der Waals surface area (Å²) in [4.78, 5) is 27.0. The Hall–Kier alpha value is -3.38. The molecule has 1 heterocycles. The zero-order valence-corrected chi connectivity index (χ0v) is 19.3. The van der Waals surface area contributed by atoms with Crippen molar-refractivity contribution in [3.63, 3.8) is 0 Å². The van der Waals surface area contributed by atoms with Gasteiger partial charge in [0.1, 0.15) is 11.4 Å². The third-order valence-electron chi connectivity index (χ3n) is 4.89. The summed E-state index contributed by atoms with van der Waals surface area (Å²) >= 11 is 1.50. The van der Waals surface area contributed by atoms with Crippen LogP contribution in [0.25, 0.3) is 6.08 Å². The highest BCUT2D eigenvalue weighted by Crippen LogP contribution is 2.22. The standard InChI is InChI=1S/C26H28N2O3S/c1-18(2)16-23(19-8-5-4-6-9-19)27-26(30)24(17-22-10-7-15-32-22)28-25(29)20-11-13-21(31-3)14-12-20/h4-15,17-18,23H,16H2,1-3H3,(H,27,30)(H,28,29)/b24-17-/t23-/m1/s1. The van der Waals surface area contributed by atoms with Crippen molar-refractivity contribution in [3.8, 4) is 5.75 Å². The Morgan fingerprint density at radius 2 is 1.72 bits per heavy atom. The van der Waals surface area contributed by atoms with Crippen LogP contribution in [0.2, 0.25) is 0 Å². The molecule has 1 aromatic heterocycles. The van der Waals surface area contributed by atoms with Gasteiger partial charge in [-0.05, 0) is 59.7 Å². The molecule has 3 rings (SSSR count). The van der Waals surface area contributed by atoms with E-state index < -0.39 is 0 Å². The van der Waals surface area contributed by atoms with Crippen molar-refractivity contribution < 1.29 is 14.3 Å². The summed E-state index contributed by atoms with van der Waals surface area (Å²) in [6.07, 6.45) is 2.49. The van der Waals surface area contributed by atoms with Crippen LogP contribution in [-0.2, 0) is 4.79 Å². The number of rotatable bonds is 9. The van der Waals surface area contributed by atoms with Crippen molar-refractivity contribution in [2.24, 2.45) is 5.92 Å². The predicted molar refractivity (Wildman–Crippen MR) is 130 cm³/mol. The molecule has 0 aliphatic heterocycles. The monoisotopic (exact) mass is 448 g/mol. The normalized spacial score (nSPS) is 12.3. The second-order valence-corrected chi connectivity index (χ2v) is 8.80. The van der Waals surface area contributed by atoms with Gasteiger partial charge in [0.2, 0.25) is 0 Å². The first kappa shape index (κ1) is 23.3. The van der Waals surface area contributed by atoms with E-state index >= 15 is 0 Å². The lowest BCUT2D eigenvalue weighted by Crippen LogP contribution is -2.37. The van der Waals surface area contributed by atoms with E-state index in [1.165, 1.54) is 11.3 Å². The van der Waals surface area contributed by atoms with Gasteiger partial charge < -0.3 is 15.4 Å². The molecule has 2 aromatic carbocycles. The lowest BCUT2D eigenvalue weighted by atomic mass is 9.97. The molecule has 6 heteroatoms. The van der Waals surface area contributed by atoms with Gasteiger partial charge in [-0.2, -0.15) is 0 Å². The minimum Gasteiger partial charge on any atom is -0.497 e. The van der Waals surface area contributed by atoms with Gasteiger partial charge in [-0.3, -0.25) is 9.59 Å². The minimum absolute atomic E-state index is 0.159. The van der Waals surface area contributed by atoms with E-state index in [2.05, 4.69) is 24.5 Å². The van der Waals surface area contributed by atoms with Crippen LogP contribution in [0, 0.1) is 5.92 Å². The third kappa shape index (κ3) is 6.56. The Bertz CT molecular complexity index is 1040. The number of nitrogens with one attached hydrogen (secondary N) is 2. The lowest BCUT2D eigenvalue weighted by molar-refractivity contribution is -0.118. The number of benzene rings is 2. The number of carbonyl (C=O) groups excluding carboxylic acids is 2. The summed E-state index contributed by atoms with van der Waals surface area (Å²) in [5, 5.41) is 7.84. The SMILES string of the molecule is COc1ccc(C(=O)N/C(=C\c2cccs2)C(=O)N[C@H](CC(C)C)c2ccccc2)cc1. The van der Waals surface area contributed by atoms with E-state index in [0.29, 0.717) is 17.2 Å². The van der Waals surface area contributed by atoms with E-state index in [1.807, 2.05) is 47.8 Å². The highest BCUT2D eigenvalue weighted by atomic mass is 32.1. The summed E-state index contributed by atoms with van der Waals surface area (Å²) in [5.74, 6) is 0.368. The highest BCUT2D eigenvalue weighted by Gasteiger charge is 2.20. The number of ether oxygens (including phenoxy) is 1. The van der Waals surface area contributed by atoms with Crippen molar-refractivity contribution in [1.29, 1.82) is 0 Å². The van der Waals surface area contributed by atoms with E-state index in [9.17, 15) is 9.59 Å². The summed E-state index contributed by atoms with van der Waals surface area (Å²) in [6, 6.07) is 20.3. The molecule has 0 saturated heterocycles. The largest absolute Gasteiger partial charge is 0.497 e. The molecule has 3 aromatic rings. The van der Waals surface area contributed by atoms with Gasteiger partial charge in [0, 0.05) is 10.4 Å². The fourth-order valence-electron chi connectivity index (χ4n) is 3.28. The molecule has 166 valence electrons. The number of methoxy groups -OCH3 is 1. The molecule has 0 spiro atoms. The summed E-state index contributed by atoms with van der Waals surface area (Å²) < 4.78 is 5.15. The maximum Gasteiger partial charge on any atom is 0.268 e. The Balaban J connectivity index is 1.84. The van der Waals surface area contributed by atoms with E-state index in [1.54, 1.807) is 37.5 Å². The van der Waals surface area contributed by atoms with Crippen molar-refractivity contribution in [2.45, 2.75) is 26.3 Å². The van der Waals surface area contributed by atoms with Gasteiger partial charge in [-0.1, -0.05) is 50.2 Å². The number of hydrogen-bond acceptors (Lipinski definition) is 4. The van der Waals surface area contributed by atoms with Gasteiger partial charge in [0.15, 0.2) is 0 Å². The van der Waals surface area contributed by atoms with Gasteiger partial charge in [-0.25, -0.2) is 0 Å². The van der Waals surface area contributed by atoms with E-state index in [0.717, 1.165) is 16.9 Å². The molecule has 0 unspecified atom stereocenters. The van der Waals surface area contributed by atoms with Crippen LogP contribution in [0.5, 0.6) is 5.75 Å². The minimum atomic E-state index is -0.356. The quantitative estimate of drug-likeness (QED) is 0.429. The molecular weight excluding hydrogens is 420 g/mol. The third-order valence-corrected chi connectivity index (χ3v) is 5.71. The fourth-order valence-corrected chi connectivity index (χ4v) is 3.94. The maximum atomic E-state index is 13.3. The molecule has 2 N–H and O–H groups in total. The van der Waals surface area contributed by atoms with Gasteiger partial charge in [0.05, 0.1) is 13.2 Å². The smallest absolute Gasteiger partial charge is 0.268 e. The fraction of sp³-hybridized carbons (Fsp3) is 0.231. The van der Waals surface area contributed by atoms with Crippen LogP contribution in [0.15, 0.2) is 77.8 Å². The van der Waals surface area contributed by atoms with Gasteiger partial charge in [-0.15, -0.1) is 11.3 Å². The van der Waals surface area contributed by atoms with Crippen molar-refractivity contribution in [1.82, 2.24) is 10.6 Å². The molecule has 0 saturated carbocycles. The molecule has 1 atom stereocenters. The molecule has 5 nitrogen and oxygen atoms in total. The predicted octanol–water partition coefficient (Wildman–Crippen LogP) is 5.43. The number of carbonyl (C=O) groups is 2. The van der Waals surface area contributed by atoms with Crippen LogP contribution < -0.4 is 15.4 Å². The summed E-state index contributed by atoms with van der Waals surface area (Å²) in [7, 11) is 1.57. The Morgan fingerprint density at radius 3 is 2.31 bits per heavy atom. The second-order valence-electron chi connectivity index (χ2n) is 7.82. The average molecular weight is 449 g/mol. The molecule has 0 radical (unpaired) electrons. The van der Waals surface area contributed by atoms with Crippen molar-refractivity contribution >= 4 is 29.2 Å². The molecule has 32 heavy (non-hydrogen) atoms. The lowest BCUT2D eigenvalue weighted by Gasteiger charge is -2.22.